The molecule has 3 nitrogen and oxygen atoms in total. The van der Waals surface area contributed by atoms with Gasteiger partial charge in [0.05, 0.1) is 6.10 Å². The van der Waals surface area contributed by atoms with E-state index in [1.54, 1.807) is 0 Å². The zero-order valence-corrected chi connectivity index (χ0v) is 17.6. The van der Waals surface area contributed by atoms with Crippen molar-refractivity contribution in [2.24, 2.45) is 0 Å². The minimum atomic E-state index is -5.20. The first-order valence-corrected chi connectivity index (χ1v) is 9.74. The summed E-state index contributed by atoms with van der Waals surface area (Å²) in [7, 11) is 1.75. The number of hydrogen-bond acceptors (Lipinski definition) is 3. The van der Waals surface area contributed by atoms with Gasteiger partial charge in [0.1, 0.15) is 0 Å². The lowest BCUT2D eigenvalue weighted by molar-refractivity contribution is -0.469. The van der Waals surface area contributed by atoms with Crippen molar-refractivity contribution in [2.75, 3.05) is 14.2 Å². The number of halogens is 5. The van der Waals surface area contributed by atoms with Gasteiger partial charge in [-0.15, -0.1) is 0 Å². The molecule has 1 aromatic rings. The van der Waals surface area contributed by atoms with Crippen LogP contribution in [0.3, 0.4) is 0 Å². The Hall–Kier alpha value is -1.25. The number of unbranched alkanes of at least 4 members (excludes halogenated alkanes) is 3. The van der Waals surface area contributed by atoms with Gasteiger partial charge in [-0.05, 0) is 20.3 Å². The second-order valence-electron chi connectivity index (χ2n) is 7.25. The van der Waals surface area contributed by atoms with Gasteiger partial charge in [-0.2, -0.15) is 17.6 Å². The van der Waals surface area contributed by atoms with Crippen LogP contribution in [0, 0.1) is 0 Å². The lowest BCUT2D eigenvalue weighted by Crippen LogP contribution is -2.68. The van der Waals surface area contributed by atoms with Gasteiger partial charge in [-0.25, -0.2) is 4.39 Å². The topological polar surface area (TPSA) is 27.7 Å². The van der Waals surface area contributed by atoms with Crippen LogP contribution in [0.4, 0.5) is 22.0 Å². The fraction of sp³-hybridized carbons (Fsp3) is 0.714. The molecule has 0 radical (unpaired) electrons. The molecule has 0 aliphatic carbocycles. The highest BCUT2D eigenvalue weighted by Gasteiger charge is 2.79. The van der Waals surface area contributed by atoms with E-state index in [2.05, 4.69) is 0 Å². The molecule has 0 fully saturated rings. The van der Waals surface area contributed by atoms with Crippen molar-refractivity contribution in [1.29, 1.82) is 0 Å². The molecular weight excluding hydrogens is 395 g/mol. The van der Waals surface area contributed by atoms with Crippen LogP contribution >= 0.6 is 0 Å². The Kier molecular flexibility index (Phi) is 9.05. The van der Waals surface area contributed by atoms with E-state index in [-0.39, 0.29) is 6.42 Å². The molecule has 0 aliphatic heterocycles. The fourth-order valence-corrected chi connectivity index (χ4v) is 3.25. The SMILES string of the molecule is CCCCCCC(F)(F)C(F)(F)C(F)(c1ccccc1)C(OC)(OC)OC(C)C. The van der Waals surface area contributed by atoms with E-state index in [0.717, 1.165) is 32.8 Å². The molecule has 0 N–H and O–H groups in total. The van der Waals surface area contributed by atoms with E-state index in [1.165, 1.54) is 32.0 Å². The summed E-state index contributed by atoms with van der Waals surface area (Å²) < 4.78 is 91.9. The molecule has 0 bridgehead atoms. The number of benzene rings is 1. The predicted octanol–water partition coefficient (Wildman–Crippen LogP) is 6.46. The van der Waals surface area contributed by atoms with E-state index in [9.17, 15) is 8.78 Å². The van der Waals surface area contributed by atoms with Gasteiger partial charge in [-0.3, -0.25) is 0 Å². The number of methoxy groups -OCH3 is 2. The van der Waals surface area contributed by atoms with Gasteiger partial charge < -0.3 is 14.2 Å². The summed E-state index contributed by atoms with van der Waals surface area (Å²) in [4.78, 5) is 0. The molecule has 29 heavy (non-hydrogen) atoms. The van der Waals surface area contributed by atoms with Crippen molar-refractivity contribution in [3.05, 3.63) is 35.9 Å². The molecule has 0 heterocycles. The van der Waals surface area contributed by atoms with Gasteiger partial charge in [0.15, 0.2) is 0 Å². The van der Waals surface area contributed by atoms with Crippen molar-refractivity contribution >= 4 is 0 Å². The molecule has 8 heteroatoms. The van der Waals surface area contributed by atoms with Crippen molar-refractivity contribution in [2.45, 2.75) is 82.5 Å². The maximum atomic E-state index is 16.4. The van der Waals surface area contributed by atoms with Gasteiger partial charge in [0.2, 0.25) is 0 Å². The maximum Gasteiger partial charge on any atom is 0.355 e. The van der Waals surface area contributed by atoms with Crippen LogP contribution in [0.1, 0.15) is 58.4 Å². The van der Waals surface area contributed by atoms with Gasteiger partial charge in [0.25, 0.3) is 5.67 Å². The molecular formula is C21H31F5O3. The third-order valence-electron chi connectivity index (χ3n) is 4.76. The van der Waals surface area contributed by atoms with Crippen LogP contribution in [0.15, 0.2) is 30.3 Å². The highest BCUT2D eigenvalue weighted by atomic mass is 19.3. The number of hydrogen-bond donors (Lipinski definition) is 0. The van der Waals surface area contributed by atoms with Crippen molar-refractivity contribution < 1.29 is 36.2 Å². The van der Waals surface area contributed by atoms with Crippen LogP contribution < -0.4 is 0 Å². The molecule has 1 atom stereocenters. The predicted molar refractivity (Wildman–Crippen MR) is 101 cm³/mol. The molecule has 0 aromatic heterocycles. The van der Waals surface area contributed by atoms with E-state index in [4.69, 9.17) is 14.2 Å². The Balaban J connectivity index is 3.59. The zero-order chi connectivity index (χ0) is 22.3. The standard InChI is InChI=1S/C21H31F5O3/c1-6-7-8-12-15-18(22,23)20(25,26)19(24,17-13-10-9-11-14-17)21(27-4,28-5)29-16(2)3/h9-11,13-14,16H,6-8,12,15H2,1-5H3. The van der Waals surface area contributed by atoms with Crippen LogP contribution in [-0.2, 0) is 19.9 Å². The Labute approximate surface area is 169 Å². The Bertz CT molecular complexity index is 606. The van der Waals surface area contributed by atoms with E-state index in [1.807, 2.05) is 6.92 Å². The van der Waals surface area contributed by atoms with Crippen molar-refractivity contribution in [1.82, 2.24) is 0 Å². The second-order valence-corrected chi connectivity index (χ2v) is 7.25. The summed E-state index contributed by atoms with van der Waals surface area (Å²) >= 11 is 0. The Morgan fingerprint density at radius 1 is 0.862 bits per heavy atom. The van der Waals surface area contributed by atoms with Crippen LogP contribution in [0.2, 0.25) is 0 Å². The third-order valence-corrected chi connectivity index (χ3v) is 4.76. The Morgan fingerprint density at radius 2 is 1.41 bits per heavy atom. The molecule has 1 aromatic carbocycles. The molecule has 0 saturated carbocycles. The number of ether oxygens (including phenoxy) is 3. The van der Waals surface area contributed by atoms with Crippen LogP contribution in [0.5, 0.6) is 0 Å². The Morgan fingerprint density at radius 3 is 1.86 bits per heavy atom. The minimum absolute atomic E-state index is 0.167. The maximum absolute atomic E-state index is 16.4. The average molecular weight is 426 g/mol. The smallest absolute Gasteiger partial charge is 0.328 e. The summed E-state index contributed by atoms with van der Waals surface area (Å²) in [5, 5.41) is 0. The summed E-state index contributed by atoms with van der Waals surface area (Å²) in [6.45, 7) is 4.72. The quantitative estimate of drug-likeness (QED) is 0.206. The summed E-state index contributed by atoms with van der Waals surface area (Å²) in [5.74, 6) is -13.0. The van der Waals surface area contributed by atoms with Gasteiger partial charge in [-0.1, -0.05) is 56.5 Å². The largest absolute Gasteiger partial charge is 0.355 e. The van der Waals surface area contributed by atoms with Gasteiger partial charge in [0, 0.05) is 26.2 Å². The molecule has 0 saturated heterocycles. The number of alkyl halides is 5. The summed E-state index contributed by atoms with van der Waals surface area (Å²) in [6, 6.07) is 5.96. The fourth-order valence-electron chi connectivity index (χ4n) is 3.25. The average Bonchev–Trinajstić information content (AvgIpc) is 2.69. The minimum Gasteiger partial charge on any atom is -0.328 e. The molecule has 168 valence electrons. The first-order valence-electron chi connectivity index (χ1n) is 9.74. The number of rotatable bonds is 13. The van der Waals surface area contributed by atoms with E-state index in [0.29, 0.717) is 12.8 Å². The van der Waals surface area contributed by atoms with E-state index < -0.39 is 41.6 Å². The molecule has 0 spiro atoms. The highest BCUT2D eigenvalue weighted by Crippen LogP contribution is 2.58. The van der Waals surface area contributed by atoms with Crippen molar-refractivity contribution in [3.63, 3.8) is 0 Å². The first kappa shape index (κ1) is 25.8. The summed E-state index contributed by atoms with van der Waals surface area (Å²) in [5.41, 5.74) is -4.87. The highest BCUT2D eigenvalue weighted by molar-refractivity contribution is 5.29. The van der Waals surface area contributed by atoms with E-state index >= 15 is 13.2 Å². The first-order chi connectivity index (χ1) is 13.5. The second kappa shape index (κ2) is 10.2. The lowest BCUT2D eigenvalue weighted by Gasteiger charge is -2.48. The third kappa shape index (κ3) is 4.91. The van der Waals surface area contributed by atoms with Crippen molar-refractivity contribution in [3.8, 4) is 0 Å². The summed E-state index contributed by atoms with van der Waals surface area (Å²) in [6.07, 6.45) is -0.490. The lowest BCUT2D eigenvalue weighted by atomic mass is 9.81. The molecule has 0 aliphatic rings. The zero-order valence-electron chi connectivity index (χ0n) is 17.6. The molecule has 0 amide bonds. The monoisotopic (exact) mass is 426 g/mol. The normalized spacial score (nSPS) is 15.6. The molecule has 1 unspecified atom stereocenters. The molecule has 1 rings (SSSR count). The van der Waals surface area contributed by atoms with Gasteiger partial charge >= 0.3 is 17.8 Å². The van der Waals surface area contributed by atoms with Crippen LogP contribution in [-0.4, -0.2) is 38.1 Å². The van der Waals surface area contributed by atoms with Crippen LogP contribution in [0.25, 0.3) is 0 Å².